The molecule has 0 amide bonds. The van der Waals surface area contributed by atoms with E-state index < -0.39 is 5.97 Å². The first-order valence-corrected chi connectivity index (χ1v) is 11.5. The highest BCUT2D eigenvalue weighted by Crippen LogP contribution is 2.25. The second-order valence-corrected chi connectivity index (χ2v) is 7.86. The topological polar surface area (TPSA) is 77.4 Å². The molecule has 0 aliphatic heterocycles. The van der Waals surface area contributed by atoms with Crippen LogP contribution in [0.5, 0.6) is 23.0 Å². The average Bonchev–Trinajstić information content (AvgIpc) is 2.86. The number of hydrogen-bond acceptors (Lipinski definition) is 6. The molecular formula is C28H31NO5. The number of carbonyl (C=O) groups is 1. The summed E-state index contributed by atoms with van der Waals surface area (Å²) >= 11 is 0. The molecule has 0 bridgehead atoms. The lowest BCUT2D eigenvalue weighted by molar-refractivity contribution is 0.0734. The van der Waals surface area contributed by atoms with Gasteiger partial charge in [0.2, 0.25) is 0 Å². The molecule has 178 valence electrons. The van der Waals surface area contributed by atoms with E-state index in [0.29, 0.717) is 29.2 Å². The zero-order valence-corrected chi connectivity index (χ0v) is 19.7. The minimum Gasteiger partial charge on any atom is -0.507 e. The lowest BCUT2D eigenvalue weighted by Crippen LogP contribution is -2.08. The fourth-order valence-corrected chi connectivity index (χ4v) is 3.28. The smallest absolute Gasteiger partial charge is 0.343 e. The molecule has 3 rings (SSSR count). The fourth-order valence-electron chi connectivity index (χ4n) is 3.28. The molecule has 0 atom stereocenters. The number of phenolic OH excluding ortho intramolecular Hbond substituents is 1. The van der Waals surface area contributed by atoms with Crippen molar-refractivity contribution in [1.29, 1.82) is 0 Å². The van der Waals surface area contributed by atoms with Crippen molar-refractivity contribution in [2.24, 2.45) is 4.99 Å². The first-order valence-electron chi connectivity index (χ1n) is 11.5. The van der Waals surface area contributed by atoms with Crippen LogP contribution < -0.4 is 14.2 Å². The summed E-state index contributed by atoms with van der Waals surface area (Å²) in [5.41, 5.74) is 1.59. The van der Waals surface area contributed by atoms with E-state index in [1.807, 2.05) is 18.2 Å². The summed E-state index contributed by atoms with van der Waals surface area (Å²) in [4.78, 5) is 16.8. The number of hydrogen-bond donors (Lipinski definition) is 1. The van der Waals surface area contributed by atoms with Gasteiger partial charge in [-0.25, -0.2) is 4.79 Å². The van der Waals surface area contributed by atoms with Gasteiger partial charge in [-0.05, 0) is 55.0 Å². The number of nitrogens with zero attached hydrogens (tertiary/aromatic N) is 1. The molecule has 0 saturated heterocycles. The quantitative estimate of drug-likeness (QED) is 0.140. The Kier molecular flexibility index (Phi) is 9.52. The molecule has 0 radical (unpaired) electrons. The van der Waals surface area contributed by atoms with Gasteiger partial charge in [-0.2, -0.15) is 0 Å². The van der Waals surface area contributed by atoms with Crippen LogP contribution in [0.4, 0.5) is 5.69 Å². The van der Waals surface area contributed by atoms with Gasteiger partial charge in [0.25, 0.3) is 0 Å². The molecule has 34 heavy (non-hydrogen) atoms. The van der Waals surface area contributed by atoms with Crippen LogP contribution in [0.2, 0.25) is 0 Å². The van der Waals surface area contributed by atoms with E-state index in [0.717, 1.165) is 18.6 Å². The Bertz CT molecular complexity index is 1090. The van der Waals surface area contributed by atoms with Gasteiger partial charge in [0.15, 0.2) is 0 Å². The summed E-state index contributed by atoms with van der Waals surface area (Å²) in [6.45, 7) is 2.86. The Morgan fingerprint density at radius 1 is 0.912 bits per heavy atom. The maximum Gasteiger partial charge on any atom is 0.343 e. The molecule has 6 nitrogen and oxygen atoms in total. The zero-order chi connectivity index (χ0) is 24.2. The normalized spacial score (nSPS) is 10.9. The molecule has 6 heteroatoms. The minimum atomic E-state index is -0.511. The van der Waals surface area contributed by atoms with Crippen molar-refractivity contribution in [2.75, 3.05) is 13.7 Å². The van der Waals surface area contributed by atoms with E-state index in [1.165, 1.54) is 31.5 Å². The Hall–Kier alpha value is -3.80. The number of phenols is 1. The van der Waals surface area contributed by atoms with Crippen molar-refractivity contribution in [1.82, 2.24) is 0 Å². The highest BCUT2D eigenvalue weighted by atomic mass is 16.5. The Morgan fingerprint density at radius 3 is 2.41 bits per heavy atom. The number of aromatic hydroxyl groups is 1. The number of unbranched alkanes of at least 4 members (excludes halogenated alkanes) is 4. The van der Waals surface area contributed by atoms with Crippen LogP contribution in [0.3, 0.4) is 0 Å². The van der Waals surface area contributed by atoms with Gasteiger partial charge in [0.05, 0.1) is 25.0 Å². The molecule has 0 aliphatic carbocycles. The van der Waals surface area contributed by atoms with Gasteiger partial charge in [-0.15, -0.1) is 0 Å². The molecule has 0 fully saturated rings. The average molecular weight is 462 g/mol. The van der Waals surface area contributed by atoms with Crippen molar-refractivity contribution in [3.63, 3.8) is 0 Å². The molecule has 0 spiro atoms. The van der Waals surface area contributed by atoms with Gasteiger partial charge >= 0.3 is 5.97 Å². The second-order valence-electron chi connectivity index (χ2n) is 7.86. The number of esters is 1. The van der Waals surface area contributed by atoms with Crippen LogP contribution in [0.15, 0.2) is 71.7 Å². The molecule has 0 aliphatic rings. The minimum absolute atomic E-state index is 0.0420. The molecule has 0 aromatic heterocycles. The maximum absolute atomic E-state index is 12.5. The SMILES string of the molecule is CCCCCCCOc1ccc(C(=O)Oc2ccc(C=Nc3cccc(OC)c3)c(O)c2)cc1. The van der Waals surface area contributed by atoms with Gasteiger partial charge in [-0.1, -0.05) is 38.7 Å². The fraction of sp³-hybridized carbons (Fsp3) is 0.286. The maximum atomic E-state index is 12.5. The zero-order valence-electron chi connectivity index (χ0n) is 19.7. The monoisotopic (exact) mass is 461 g/mol. The Labute approximate surface area is 200 Å². The van der Waals surface area contributed by atoms with E-state index in [-0.39, 0.29) is 11.5 Å². The molecular weight excluding hydrogens is 430 g/mol. The van der Waals surface area contributed by atoms with Crippen LogP contribution >= 0.6 is 0 Å². The molecule has 3 aromatic carbocycles. The first-order chi connectivity index (χ1) is 16.6. The molecule has 3 aromatic rings. The number of methoxy groups -OCH3 is 1. The highest BCUT2D eigenvalue weighted by molar-refractivity contribution is 5.91. The summed E-state index contributed by atoms with van der Waals surface area (Å²) in [5, 5.41) is 10.3. The predicted molar refractivity (Wildman–Crippen MR) is 134 cm³/mol. The highest BCUT2D eigenvalue weighted by Gasteiger charge is 2.10. The van der Waals surface area contributed by atoms with Gasteiger partial charge in [-0.3, -0.25) is 4.99 Å². The van der Waals surface area contributed by atoms with Crippen molar-refractivity contribution in [3.05, 3.63) is 77.9 Å². The van der Waals surface area contributed by atoms with Crippen LogP contribution in [0.1, 0.15) is 54.9 Å². The number of carbonyl (C=O) groups excluding carboxylic acids is 1. The summed E-state index contributed by atoms with van der Waals surface area (Å²) in [7, 11) is 1.59. The molecule has 1 N–H and O–H groups in total. The standard InChI is InChI=1S/C28H31NO5/c1-3-4-5-6-7-17-33-24-14-11-21(12-15-24)28(31)34-26-16-13-22(27(30)19-26)20-29-23-9-8-10-25(18-23)32-2/h8-16,18-20,30H,3-7,17H2,1-2H3. The van der Waals surface area contributed by atoms with Crippen molar-refractivity contribution >= 4 is 17.9 Å². The summed E-state index contributed by atoms with van der Waals surface area (Å²) in [5.74, 6) is 1.11. The lowest BCUT2D eigenvalue weighted by atomic mass is 10.2. The van der Waals surface area contributed by atoms with Gasteiger partial charge in [0.1, 0.15) is 23.0 Å². The lowest BCUT2D eigenvalue weighted by Gasteiger charge is -2.08. The summed E-state index contributed by atoms with van der Waals surface area (Å²) in [6, 6.07) is 18.8. The number of aliphatic imine (C=N–C) groups is 1. The predicted octanol–water partition coefficient (Wildman–Crippen LogP) is 6.72. The Balaban J connectivity index is 1.53. The summed E-state index contributed by atoms with van der Waals surface area (Å²) in [6.07, 6.45) is 7.44. The number of benzene rings is 3. The molecule has 0 heterocycles. The first kappa shape index (κ1) is 24.8. The molecule has 0 unspecified atom stereocenters. The van der Waals surface area contributed by atoms with E-state index in [9.17, 15) is 9.90 Å². The van der Waals surface area contributed by atoms with Crippen molar-refractivity contribution in [3.8, 4) is 23.0 Å². The van der Waals surface area contributed by atoms with E-state index in [4.69, 9.17) is 14.2 Å². The van der Waals surface area contributed by atoms with E-state index in [1.54, 1.807) is 49.6 Å². The number of ether oxygens (including phenoxy) is 3. The van der Waals surface area contributed by atoms with Gasteiger partial charge in [0, 0.05) is 23.9 Å². The third-order valence-electron chi connectivity index (χ3n) is 5.23. The van der Waals surface area contributed by atoms with Crippen LogP contribution in [-0.2, 0) is 0 Å². The van der Waals surface area contributed by atoms with Crippen LogP contribution in [0, 0.1) is 0 Å². The summed E-state index contributed by atoms with van der Waals surface area (Å²) < 4.78 is 16.3. The third-order valence-corrected chi connectivity index (χ3v) is 5.23. The van der Waals surface area contributed by atoms with Crippen LogP contribution in [-0.4, -0.2) is 31.0 Å². The largest absolute Gasteiger partial charge is 0.507 e. The van der Waals surface area contributed by atoms with E-state index in [2.05, 4.69) is 11.9 Å². The van der Waals surface area contributed by atoms with Gasteiger partial charge < -0.3 is 19.3 Å². The van der Waals surface area contributed by atoms with E-state index >= 15 is 0 Å². The molecule has 0 saturated carbocycles. The Morgan fingerprint density at radius 2 is 1.68 bits per heavy atom. The second kappa shape index (κ2) is 13.0. The van der Waals surface area contributed by atoms with Crippen molar-refractivity contribution < 1.29 is 24.1 Å². The number of rotatable bonds is 12. The third kappa shape index (κ3) is 7.66. The van der Waals surface area contributed by atoms with Crippen molar-refractivity contribution in [2.45, 2.75) is 39.0 Å². The van der Waals surface area contributed by atoms with Crippen LogP contribution in [0.25, 0.3) is 0 Å².